The number of ether oxygens (including phenoxy) is 2. The number of carbonyl (C=O) groups excluding carboxylic acids is 1. The molecule has 0 radical (unpaired) electrons. The number of hydrogen-bond acceptors (Lipinski definition) is 4. The van der Waals surface area contributed by atoms with Crippen LogP contribution >= 0.6 is 12.4 Å². The first-order valence-electron chi connectivity index (χ1n) is 8.36. The minimum Gasteiger partial charge on any atom is -0.496 e. The van der Waals surface area contributed by atoms with Crippen LogP contribution in [0.5, 0.6) is 5.75 Å². The molecule has 0 bridgehead atoms. The summed E-state index contributed by atoms with van der Waals surface area (Å²) < 4.78 is 10.9. The predicted octanol–water partition coefficient (Wildman–Crippen LogP) is 3.94. The molecule has 1 saturated heterocycles. The molecule has 0 amide bonds. The van der Waals surface area contributed by atoms with E-state index in [-0.39, 0.29) is 24.5 Å². The summed E-state index contributed by atoms with van der Waals surface area (Å²) in [7, 11) is 1.56. The van der Waals surface area contributed by atoms with Gasteiger partial charge in [-0.15, -0.1) is 12.4 Å². The molecular weight excluding hydrogens is 338 g/mol. The third kappa shape index (κ3) is 5.21. The number of methoxy groups -OCH3 is 1. The molecule has 1 fully saturated rings. The van der Waals surface area contributed by atoms with Crippen molar-refractivity contribution in [3.8, 4) is 5.75 Å². The highest BCUT2D eigenvalue weighted by molar-refractivity contribution is 5.92. The number of hydrogen-bond donors (Lipinski definition) is 0. The van der Waals surface area contributed by atoms with Gasteiger partial charge in [0.1, 0.15) is 17.4 Å². The van der Waals surface area contributed by atoms with Crippen LogP contribution in [0, 0.1) is 0 Å². The molecule has 0 N–H and O–H groups in total. The van der Waals surface area contributed by atoms with Crippen molar-refractivity contribution >= 4 is 18.4 Å². The first-order chi connectivity index (χ1) is 11.8. The van der Waals surface area contributed by atoms with E-state index in [1.165, 1.54) is 5.56 Å². The minimum atomic E-state index is -0.297. The predicted molar refractivity (Wildman–Crippen MR) is 100 cm³/mol. The van der Waals surface area contributed by atoms with Gasteiger partial charge in [-0.05, 0) is 30.5 Å². The first kappa shape index (κ1) is 19.3. The summed E-state index contributed by atoms with van der Waals surface area (Å²) in [4.78, 5) is 14.8. The van der Waals surface area contributed by atoms with Crippen molar-refractivity contribution in [2.45, 2.75) is 25.5 Å². The number of rotatable bonds is 5. The molecule has 4 nitrogen and oxygen atoms in total. The Hall–Kier alpha value is -2.04. The fourth-order valence-corrected chi connectivity index (χ4v) is 3.05. The van der Waals surface area contributed by atoms with Crippen LogP contribution in [-0.4, -0.2) is 37.2 Å². The number of carbonyl (C=O) groups is 1. The molecule has 0 unspecified atom stereocenters. The Bertz CT molecular complexity index is 670. The van der Waals surface area contributed by atoms with Crippen LogP contribution in [-0.2, 0) is 11.3 Å². The highest BCUT2D eigenvalue weighted by Gasteiger charge is 2.24. The number of likely N-dealkylation sites (tertiary alicyclic amines) is 1. The lowest BCUT2D eigenvalue weighted by atomic mass is 10.1. The number of benzene rings is 2. The van der Waals surface area contributed by atoms with Crippen molar-refractivity contribution in [3.05, 3.63) is 65.7 Å². The fourth-order valence-electron chi connectivity index (χ4n) is 3.05. The monoisotopic (exact) mass is 361 g/mol. The van der Waals surface area contributed by atoms with Gasteiger partial charge in [0.25, 0.3) is 0 Å². The Morgan fingerprint density at radius 1 is 1.04 bits per heavy atom. The lowest BCUT2D eigenvalue weighted by molar-refractivity contribution is 0.0101. The highest BCUT2D eigenvalue weighted by Crippen LogP contribution is 2.22. The number of piperidine rings is 1. The number of halogens is 1. The van der Waals surface area contributed by atoms with Gasteiger partial charge >= 0.3 is 5.97 Å². The Labute approximate surface area is 155 Å². The Balaban J connectivity index is 0.00000225. The molecule has 0 spiro atoms. The van der Waals surface area contributed by atoms with E-state index in [0.29, 0.717) is 11.3 Å². The fraction of sp³-hybridized carbons (Fsp3) is 0.350. The van der Waals surface area contributed by atoms with E-state index in [1.807, 2.05) is 18.2 Å². The van der Waals surface area contributed by atoms with Crippen molar-refractivity contribution in [2.75, 3.05) is 20.2 Å². The third-order valence-corrected chi connectivity index (χ3v) is 4.38. The van der Waals surface area contributed by atoms with Crippen molar-refractivity contribution in [3.63, 3.8) is 0 Å². The molecule has 1 aliphatic heterocycles. The lowest BCUT2D eigenvalue weighted by Crippen LogP contribution is -2.37. The zero-order valence-electron chi connectivity index (χ0n) is 14.4. The quantitative estimate of drug-likeness (QED) is 0.756. The third-order valence-electron chi connectivity index (χ3n) is 4.38. The molecule has 2 aromatic rings. The molecule has 2 aromatic carbocycles. The molecule has 1 aliphatic rings. The van der Waals surface area contributed by atoms with Gasteiger partial charge < -0.3 is 9.47 Å². The van der Waals surface area contributed by atoms with E-state index >= 15 is 0 Å². The van der Waals surface area contributed by atoms with E-state index < -0.39 is 0 Å². The minimum absolute atomic E-state index is 0. The SMILES string of the molecule is COc1ccccc1C(=O)OC1CCN(Cc2ccccc2)CC1.Cl. The standard InChI is InChI=1S/C20H23NO3.ClH/c1-23-19-10-6-5-9-18(19)20(22)24-17-11-13-21(14-12-17)15-16-7-3-2-4-8-16;/h2-10,17H,11-15H2,1H3;1H. The van der Waals surface area contributed by atoms with Crippen LogP contribution in [0.25, 0.3) is 0 Å². The Kier molecular flexibility index (Phi) is 7.29. The van der Waals surface area contributed by atoms with Gasteiger partial charge in [-0.3, -0.25) is 4.90 Å². The van der Waals surface area contributed by atoms with Gasteiger partial charge in [0.2, 0.25) is 0 Å². The van der Waals surface area contributed by atoms with Crippen molar-refractivity contribution in [2.24, 2.45) is 0 Å². The van der Waals surface area contributed by atoms with Gasteiger partial charge in [0.05, 0.1) is 7.11 Å². The summed E-state index contributed by atoms with van der Waals surface area (Å²) in [5.74, 6) is 0.262. The molecule has 0 atom stereocenters. The molecule has 0 aromatic heterocycles. The highest BCUT2D eigenvalue weighted by atomic mass is 35.5. The average Bonchev–Trinajstić information content (AvgIpc) is 2.64. The Morgan fingerprint density at radius 2 is 1.68 bits per heavy atom. The number of nitrogens with zero attached hydrogens (tertiary/aromatic N) is 1. The molecule has 5 heteroatoms. The summed E-state index contributed by atoms with van der Waals surface area (Å²) in [6, 6.07) is 17.6. The average molecular weight is 362 g/mol. The first-order valence-corrected chi connectivity index (χ1v) is 8.36. The van der Waals surface area contributed by atoms with Crippen LogP contribution in [0.1, 0.15) is 28.8 Å². The van der Waals surface area contributed by atoms with E-state index in [9.17, 15) is 4.79 Å². The molecule has 1 heterocycles. The van der Waals surface area contributed by atoms with Crippen LogP contribution in [0.2, 0.25) is 0 Å². The van der Waals surface area contributed by atoms with Gasteiger partial charge in [-0.2, -0.15) is 0 Å². The van der Waals surface area contributed by atoms with Crippen LogP contribution in [0.15, 0.2) is 54.6 Å². The van der Waals surface area contributed by atoms with E-state index in [0.717, 1.165) is 32.5 Å². The second-order valence-corrected chi connectivity index (χ2v) is 6.07. The molecule has 134 valence electrons. The van der Waals surface area contributed by atoms with Gasteiger partial charge in [0.15, 0.2) is 0 Å². The molecular formula is C20H24ClNO3. The lowest BCUT2D eigenvalue weighted by Gasteiger charge is -2.31. The summed E-state index contributed by atoms with van der Waals surface area (Å²) in [5.41, 5.74) is 1.81. The number of para-hydroxylation sites is 1. The van der Waals surface area contributed by atoms with Crippen molar-refractivity contribution in [1.29, 1.82) is 0 Å². The molecule has 0 aliphatic carbocycles. The summed E-state index contributed by atoms with van der Waals surface area (Å²) in [6.07, 6.45) is 1.72. The summed E-state index contributed by atoms with van der Waals surface area (Å²) >= 11 is 0. The summed E-state index contributed by atoms with van der Waals surface area (Å²) in [5, 5.41) is 0. The normalized spacial score (nSPS) is 15.2. The van der Waals surface area contributed by atoms with E-state index in [4.69, 9.17) is 9.47 Å². The van der Waals surface area contributed by atoms with Crippen LogP contribution < -0.4 is 4.74 Å². The Morgan fingerprint density at radius 3 is 2.36 bits per heavy atom. The molecule has 3 rings (SSSR count). The second-order valence-electron chi connectivity index (χ2n) is 6.07. The largest absolute Gasteiger partial charge is 0.496 e. The zero-order chi connectivity index (χ0) is 16.8. The van der Waals surface area contributed by atoms with Crippen LogP contribution in [0.3, 0.4) is 0 Å². The van der Waals surface area contributed by atoms with Crippen molar-refractivity contribution < 1.29 is 14.3 Å². The molecule has 25 heavy (non-hydrogen) atoms. The molecule has 0 saturated carbocycles. The zero-order valence-corrected chi connectivity index (χ0v) is 15.2. The number of esters is 1. The maximum atomic E-state index is 12.3. The maximum absolute atomic E-state index is 12.3. The summed E-state index contributed by atoms with van der Waals surface area (Å²) in [6.45, 7) is 2.84. The van der Waals surface area contributed by atoms with E-state index in [1.54, 1.807) is 19.2 Å². The van der Waals surface area contributed by atoms with Crippen LogP contribution in [0.4, 0.5) is 0 Å². The van der Waals surface area contributed by atoms with E-state index in [2.05, 4.69) is 29.2 Å². The maximum Gasteiger partial charge on any atom is 0.342 e. The van der Waals surface area contributed by atoms with Gasteiger partial charge in [-0.25, -0.2) is 4.79 Å². The van der Waals surface area contributed by atoms with Crippen molar-refractivity contribution in [1.82, 2.24) is 4.90 Å². The smallest absolute Gasteiger partial charge is 0.342 e. The topological polar surface area (TPSA) is 38.8 Å². The van der Waals surface area contributed by atoms with Gasteiger partial charge in [-0.1, -0.05) is 42.5 Å². The second kappa shape index (κ2) is 9.44. The van der Waals surface area contributed by atoms with Gasteiger partial charge in [0, 0.05) is 19.6 Å².